The van der Waals surface area contributed by atoms with Crippen LogP contribution in [0, 0.1) is 0 Å². The Kier molecular flexibility index (Phi) is 4.55. The second-order valence-electron chi connectivity index (χ2n) is 12.2. The van der Waals surface area contributed by atoms with Crippen LogP contribution in [0.15, 0.2) is 146 Å². The number of rotatable bonds is 2. The molecule has 4 heterocycles. The smallest absolute Gasteiger partial charge is 0.235 e. The van der Waals surface area contributed by atoms with E-state index in [1.807, 2.05) is 0 Å². The van der Waals surface area contributed by atoms with E-state index in [9.17, 15) is 0 Å². The van der Waals surface area contributed by atoms with Gasteiger partial charge in [-0.2, -0.15) is 0 Å². The number of hydrogen-bond donors (Lipinski definition) is 0. The number of anilines is 3. The highest BCUT2D eigenvalue weighted by atomic mass is 15.3. The maximum absolute atomic E-state index is 5.43. The molecule has 0 N–H and O–H groups in total. The number of hydrogen-bond acceptors (Lipinski definition) is 3. The highest BCUT2D eigenvalue weighted by molar-refractivity contribution is 6.22. The predicted octanol–water partition coefficient (Wildman–Crippen LogP) is 11.0. The number of fused-ring (bicyclic) bond motifs is 6. The van der Waals surface area contributed by atoms with Crippen LogP contribution in [0.25, 0.3) is 82.7 Å². The molecule has 9 aromatic rings. The standard InChI is InChI=1S/C42H24N4/c1-2-11-26-24-27(23-22-25(26)10-1)38-34-14-5-6-19-35(34)43-42(44-38)45-36-20-8-17-31-29-13-4-3-12-28(29)30-15-7-16-32-33-18-9-21-37(45)41(33)46(39(30)32)40(31)36/h1-24H. The largest absolute Gasteiger partial charge is 0.304 e. The molecule has 0 saturated heterocycles. The maximum atomic E-state index is 5.43. The molecule has 0 unspecified atom stereocenters. The lowest BCUT2D eigenvalue weighted by Gasteiger charge is -2.32. The Bertz CT molecular complexity index is 2770. The van der Waals surface area contributed by atoms with Gasteiger partial charge >= 0.3 is 0 Å². The van der Waals surface area contributed by atoms with E-state index in [-0.39, 0.29) is 0 Å². The van der Waals surface area contributed by atoms with E-state index >= 15 is 0 Å². The van der Waals surface area contributed by atoms with Crippen molar-refractivity contribution in [3.05, 3.63) is 146 Å². The summed E-state index contributed by atoms with van der Waals surface area (Å²) in [5.41, 5.74) is 13.6. The monoisotopic (exact) mass is 584 g/mol. The summed E-state index contributed by atoms with van der Waals surface area (Å²) in [6, 6.07) is 52.3. The number of aromatic nitrogens is 3. The zero-order valence-electron chi connectivity index (χ0n) is 24.6. The molecule has 0 amide bonds. The van der Waals surface area contributed by atoms with Crippen LogP contribution in [0.1, 0.15) is 0 Å². The summed E-state index contributed by atoms with van der Waals surface area (Å²) in [6.45, 7) is 0. The second-order valence-corrected chi connectivity index (χ2v) is 12.2. The average Bonchev–Trinajstić information content (AvgIpc) is 3.40. The molecule has 0 spiro atoms. The molecule has 0 saturated carbocycles. The van der Waals surface area contributed by atoms with Gasteiger partial charge in [0.15, 0.2) is 0 Å². The SMILES string of the molecule is c1ccc2c(c1)-c1cccc3c1-n1c4c-2cccc4c2cccc(c21)N3c1nc(-c2ccc3ccccc3c2)c2ccccc2n1. The Morgan fingerprint density at radius 1 is 0.435 bits per heavy atom. The Morgan fingerprint density at radius 3 is 2.00 bits per heavy atom. The van der Waals surface area contributed by atoms with Crippen molar-refractivity contribution in [2.75, 3.05) is 4.90 Å². The van der Waals surface area contributed by atoms with Crippen LogP contribution in [0.5, 0.6) is 0 Å². The first kappa shape index (κ1) is 24.1. The molecule has 0 radical (unpaired) electrons. The van der Waals surface area contributed by atoms with Gasteiger partial charge in [0.25, 0.3) is 0 Å². The Morgan fingerprint density at radius 2 is 1.09 bits per heavy atom. The van der Waals surface area contributed by atoms with Gasteiger partial charge in [-0.15, -0.1) is 0 Å². The third-order valence-electron chi connectivity index (χ3n) is 9.83. The summed E-state index contributed by atoms with van der Waals surface area (Å²) >= 11 is 0. The van der Waals surface area contributed by atoms with Crippen molar-refractivity contribution in [1.29, 1.82) is 0 Å². The molecule has 4 nitrogen and oxygen atoms in total. The molecule has 0 fully saturated rings. The summed E-state index contributed by atoms with van der Waals surface area (Å²) < 4.78 is 2.50. The molecule has 2 aromatic heterocycles. The zero-order valence-corrected chi connectivity index (χ0v) is 24.6. The van der Waals surface area contributed by atoms with Crippen molar-refractivity contribution in [1.82, 2.24) is 14.5 Å². The fraction of sp³-hybridized carbons (Fsp3) is 0. The molecule has 2 aliphatic rings. The summed E-state index contributed by atoms with van der Waals surface area (Å²) in [7, 11) is 0. The number of para-hydroxylation sites is 4. The highest BCUT2D eigenvalue weighted by Gasteiger charge is 2.35. The topological polar surface area (TPSA) is 34.0 Å². The minimum Gasteiger partial charge on any atom is -0.304 e. The van der Waals surface area contributed by atoms with Gasteiger partial charge in [-0.05, 0) is 46.2 Å². The Balaban J connectivity index is 1.28. The Hall–Kier alpha value is -6.26. The average molecular weight is 585 g/mol. The lowest BCUT2D eigenvalue weighted by molar-refractivity contribution is 1.06. The van der Waals surface area contributed by atoms with Gasteiger partial charge in [-0.25, -0.2) is 9.97 Å². The minimum absolute atomic E-state index is 0.664. The first-order valence-electron chi connectivity index (χ1n) is 15.7. The van der Waals surface area contributed by atoms with Crippen LogP contribution >= 0.6 is 0 Å². The summed E-state index contributed by atoms with van der Waals surface area (Å²) in [5, 5.41) is 5.93. The van der Waals surface area contributed by atoms with Crippen LogP contribution in [0.2, 0.25) is 0 Å². The number of benzene rings is 7. The van der Waals surface area contributed by atoms with E-state index in [0.29, 0.717) is 5.95 Å². The molecule has 212 valence electrons. The van der Waals surface area contributed by atoms with Crippen LogP contribution in [-0.4, -0.2) is 14.5 Å². The van der Waals surface area contributed by atoms with Gasteiger partial charge in [-0.1, -0.05) is 121 Å². The first-order chi connectivity index (χ1) is 22.8. The molecular formula is C42H24N4. The zero-order chi connectivity index (χ0) is 29.9. The van der Waals surface area contributed by atoms with Gasteiger partial charge in [0.1, 0.15) is 0 Å². The molecule has 46 heavy (non-hydrogen) atoms. The fourth-order valence-electron chi connectivity index (χ4n) is 7.90. The molecule has 0 aliphatic carbocycles. The van der Waals surface area contributed by atoms with Gasteiger partial charge in [0.2, 0.25) is 5.95 Å². The van der Waals surface area contributed by atoms with Gasteiger partial charge in [-0.3, -0.25) is 4.90 Å². The van der Waals surface area contributed by atoms with E-state index in [4.69, 9.17) is 9.97 Å². The van der Waals surface area contributed by atoms with Crippen molar-refractivity contribution < 1.29 is 0 Å². The van der Waals surface area contributed by atoms with Crippen LogP contribution in [0.4, 0.5) is 17.3 Å². The molecule has 2 aliphatic heterocycles. The fourth-order valence-corrected chi connectivity index (χ4v) is 7.90. The first-order valence-corrected chi connectivity index (χ1v) is 15.7. The van der Waals surface area contributed by atoms with E-state index < -0.39 is 0 Å². The number of nitrogens with zero attached hydrogens (tertiary/aromatic N) is 4. The van der Waals surface area contributed by atoms with E-state index in [2.05, 4.69) is 155 Å². The predicted molar refractivity (Wildman–Crippen MR) is 189 cm³/mol. The third kappa shape index (κ3) is 3.03. The van der Waals surface area contributed by atoms with Crippen molar-refractivity contribution in [2.24, 2.45) is 0 Å². The van der Waals surface area contributed by atoms with Crippen LogP contribution < -0.4 is 4.90 Å². The lowest BCUT2D eigenvalue weighted by atomic mass is 9.92. The second kappa shape index (κ2) is 8.68. The highest BCUT2D eigenvalue weighted by Crippen LogP contribution is 2.55. The van der Waals surface area contributed by atoms with Gasteiger partial charge < -0.3 is 4.57 Å². The van der Waals surface area contributed by atoms with Gasteiger partial charge in [0, 0.05) is 32.8 Å². The molecule has 0 bridgehead atoms. The summed E-state index contributed by atoms with van der Waals surface area (Å²) in [6.07, 6.45) is 0. The maximum Gasteiger partial charge on any atom is 0.235 e. The molecular weight excluding hydrogens is 560 g/mol. The molecule has 0 atom stereocenters. The molecule has 11 rings (SSSR count). The van der Waals surface area contributed by atoms with E-state index in [1.165, 1.54) is 60.5 Å². The summed E-state index contributed by atoms with van der Waals surface area (Å²) in [5.74, 6) is 0.664. The quantitative estimate of drug-likeness (QED) is 0.203. The lowest BCUT2D eigenvalue weighted by Crippen LogP contribution is -2.21. The Labute approximate surface area is 264 Å². The van der Waals surface area contributed by atoms with Crippen molar-refractivity contribution in [3.8, 4) is 39.2 Å². The third-order valence-corrected chi connectivity index (χ3v) is 9.83. The van der Waals surface area contributed by atoms with Crippen LogP contribution in [0.3, 0.4) is 0 Å². The van der Waals surface area contributed by atoms with Crippen LogP contribution in [-0.2, 0) is 0 Å². The minimum atomic E-state index is 0.664. The normalized spacial score (nSPS) is 12.7. The summed E-state index contributed by atoms with van der Waals surface area (Å²) in [4.78, 5) is 13.0. The van der Waals surface area contributed by atoms with E-state index in [0.717, 1.165) is 33.5 Å². The molecule has 7 aromatic carbocycles. The van der Waals surface area contributed by atoms with Crippen molar-refractivity contribution in [2.45, 2.75) is 0 Å². The van der Waals surface area contributed by atoms with Crippen molar-refractivity contribution >= 4 is 60.8 Å². The van der Waals surface area contributed by atoms with Gasteiger partial charge in [0.05, 0.1) is 39.3 Å². The molecule has 4 heteroatoms. The van der Waals surface area contributed by atoms with Crippen molar-refractivity contribution in [3.63, 3.8) is 0 Å². The van der Waals surface area contributed by atoms with E-state index in [1.54, 1.807) is 0 Å².